The summed E-state index contributed by atoms with van der Waals surface area (Å²) in [6, 6.07) is 0. The van der Waals surface area contributed by atoms with Crippen LogP contribution in [0.5, 0.6) is 0 Å². The summed E-state index contributed by atoms with van der Waals surface area (Å²) in [6.45, 7) is 13.8. The van der Waals surface area contributed by atoms with Crippen molar-refractivity contribution in [2.45, 2.75) is 304 Å². The van der Waals surface area contributed by atoms with Gasteiger partial charge in [0.05, 0.1) is 0 Å². The fourth-order valence-corrected chi connectivity index (χ4v) is 8.23. The molecule has 0 aliphatic rings. The molecule has 0 aromatic rings. The quantitative estimate of drug-likeness (QED) is 0.0344. The largest absolute Gasteiger partial charge is 0.462 e. The van der Waals surface area contributed by atoms with E-state index in [0.717, 1.165) is 75.5 Å². The van der Waals surface area contributed by atoms with Crippen molar-refractivity contribution in [1.29, 1.82) is 0 Å². The molecule has 6 nitrogen and oxygen atoms in total. The Hall–Kier alpha value is -1.59. The molecule has 0 spiro atoms. The Kier molecular flexibility index (Phi) is 45.2. The molecular formula is C55H106O6. The highest BCUT2D eigenvalue weighted by Gasteiger charge is 2.19. The predicted molar refractivity (Wildman–Crippen MR) is 261 cm³/mol. The third-order valence-corrected chi connectivity index (χ3v) is 13.1. The van der Waals surface area contributed by atoms with Gasteiger partial charge in [-0.05, 0) is 37.0 Å². The molecule has 0 radical (unpaired) electrons. The lowest BCUT2D eigenvalue weighted by atomic mass is 9.99. The lowest BCUT2D eigenvalue weighted by Crippen LogP contribution is -2.30. The third-order valence-electron chi connectivity index (χ3n) is 13.1. The number of esters is 3. The van der Waals surface area contributed by atoms with Crippen LogP contribution in [0, 0.1) is 17.8 Å². The summed E-state index contributed by atoms with van der Waals surface area (Å²) < 4.78 is 16.8. The molecule has 2 unspecified atom stereocenters. The first kappa shape index (κ1) is 59.4. The van der Waals surface area contributed by atoms with Crippen LogP contribution < -0.4 is 0 Å². The summed E-state index contributed by atoms with van der Waals surface area (Å²) in [5.74, 6) is 1.69. The van der Waals surface area contributed by atoms with Gasteiger partial charge in [0.1, 0.15) is 13.2 Å². The van der Waals surface area contributed by atoms with Gasteiger partial charge in [-0.25, -0.2) is 0 Å². The molecule has 3 atom stereocenters. The van der Waals surface area contributed by atoms with Crippen molar-refractivity contribution >= 4 is 17.9 Å². The van der Waals surface area contributed by atoms with E-state index in [-0.39, 0.29) is 31.1 Å². The minimum absolute atomic E-state index is 0.0648. The molecule has 0 heterocycles. The monoisotopic (exact) mass is 863 g/mol. The second kappa shape index (κ2) is 46.4. The van der Waals surface area contributed by atoms with Gasteiger partial charge in [0, 0.05) is 19.3 Å². The van der Waals surface area contributed by atoms with Crippen LogP contribution in [-0.4, -0.2) is 37.2 Å². The van der Waals surface area contributed by atoms with Gasteiger partial charge in [0.15, 0.2) is 6.10 Å². The number of hydrogen-bond donors (Lipinski definition) is 0. The van der Waals surface area contributed by atoms with Crippen LogP contribution >= 0.6 is 0 Å². The molecule has 0 fully saturated rings. The van der Waals surface area contributed by atoms with Gasteiger partial charge in [-0.2, -0.15) is 0 Å². The van der Waals surface area contributed by atoms with Crippen LogP contribution in [0.4, 0.5) is 0 Å². The smallest absolute Gasteiger partial charge is 0.306 e. The Bertz CT molecular complexity index is 949. The summed E-state index contributed by atoms with van der Waals surface area (Å²) in [5, 5.41) is 0. The van der Waals surface area contributed by atoms with Crippen LogP contribution in [0.1, 0.15) is 298 Å². The zero-order chi connectivity index (χ0) is 44.9. The predicted octanol–water partition coefficient (Wildman–Crippen LogP) is 17.6. The molecule has 0 saturated heterocycles. The van der Waals surface area contributed by atoms with Crippen LogP contribution in [0.15, 0.2) is 0 Å². The molecule has 0 aliphatic carbocycles. The van der Waals surface area contributed by atoms with E-state index in [9.17, 15) is 14.4 Å². The molecule has 0 rings (SSSR count). The Morgan fingerprint density at radius 3 is 0.852 bits per heavy atom. The number of carbonyl (C=O) groups excluding carboxylic acids is 3. The molecule has 362 valence electrons. The maximum atomic E-state index is 12.8. The lowest BCUT2D eigenvalue weighted by Gasteiger charge is -2.18. The minimum Gasteiger partial charge on any atom is -0.462 e. The Morgan fingerprint density at radius 1 is 0.328 bits per heavy atom. The lowest BCUT2D eigenvalue weighted by molar-refractivity contribution is -0.167. The molecular weight excluding hydrogens is 757 g/mol. The summed E-state index contributed by atoms with van der Waals surface area (Å²) in [5.41, 5.74) is 0. The number of rotatable bonds is 48. The Morgan fingerprint density at radius 2 is 0.574 bits per heavy atom. The van der Waals surface area contributed by atoms with Crippen molar-refractivity contribution in [2.24, 2.45) is 17.8 Å². The molecule has 61 heavy (non-hydrogen) atoms. The topological polar surface area (TPSA) is 78.9 Å². The summed E-state index contributed by atoms with van der Waals surface area (Å²) in [4.78, 5) is 38.0. The van der Waals surface area contributed by atoms with Crippen molar-refractivity contribution in [3.05, 3.63) is 0 Å². The molecule has 0 bridgehead atoms. The maximum Gasteiger partial charge on any atom is 0.306 e. The van der Waals surface area contributed by atoms with Crippen LogP contribution in [0.25, 0.3) is 0 Å². The van der Waals surface area contributed by atoms with Crippen molar-refractivity contribution in [3.8, 4) is 0 Å². The number of carbonyl (C=O) groups is 3. The number of ether oxygens (including phenoxy) is 3. The first-order chi connectivity index (χ1) is 29.7. The normalized spacial score (nSPS) is 13.0. The van der Waals surface area contributed by atoms with Gasteiger partial charge in [0.25, 0.3) is 0 Å². The standard InChI is InChI=1S/C55H106O6/c1-7-50(5)42-36-30-24-19-21-27-33-39-45-54(57)60-48-52(61-55(58)46-40-34-28-22-20-25-31-37-43-51(6)8-2)47-59-53(56)44-38-32-26-18-16-14-12-10-9-11-13-15-17-23-29-35-41-49(3)4/h49-52H,7-48H2,1-6H3/t50?,51?,52-/m1/s1. The van der Waals surface area contributed by atoms with Gasteiger partial charge < -0.3 is 14.2 Å². The molecule has 0 saturated carbocycles. The second-order valence-electron chi connectivity index (χ2n) is 19.8. The summed E-state index contributed by atoms with van der Waals surface area (Å²) in [6.07, 6.45) is 46.6. The fraction of sp³-hybridized carbons (Fsp3) is 0.945. The van der Waals surface area contributed by atoms with E-state index in [1.165, 1.54) is 180 Å². The van der Waals surface area contributed by atoms with E-state index < -0.39 is 6.10 Å². The van der Waals surface area contributed by atoms with E-state index in [2.05, 4.69) is 41.5 Å². The maximum absolute atomic E-state index is 12.8. The zero-order valence-corrected chi connectivity index (χ0v) is 42.0. The van der Waals surface area contributed by atoms with Crippen LogP contribution in [-0.2, 0) is 28.6 Å². The number of unbranched alkanes of at least 4 members (excludes halogenated alkanes) is 29. The van der Waals surface area contributed by atoms with E-state index >= 15 is 0 Å². The Balaban J connectivity index is 4.27. The zero-order valence-electron chi connectivity index (χ0n) is 42.0. The molecule has 0 amide bonds. The first-order valence-electron chi connectivity index (χ1n) is 27.2. The summed E-state index contributed by atoms with van der Waals surface area (Å²) >= 11 is 0. The second-order valence-corrected chi connectivity index (χ2v) is 19.8. The van der Waals surface area contributed by atoms with Crippen LogP contribution in [0.3, 0.4) is 0 Å². The van der Waals surface area contributed by atoms with Crippen LogP contribution in [0.2, 0.25) is 0 Å². The highest BCUT2D eigenvalue weighted by Crippen LogP contribution is 2.19. The summed E-state index contributed by atoms with van der Waals surface area (Å²) in [7, 11) is 0. The van der Waals surface area contributed by atoms with Gasteiger partial charge in [0.2, 0.25) is 0 Å². The van der Waals surface area contributed by atoms with E-state index in [1.807, 2.05) is 0 Å². The average Bonchev–Trinajstić information content (AvgIpc) is 3.24. The highest BCUT2D eigenvalue weighted by molar-refractivity contribution is 5.71. The average molecular weight is 863 g/mol. The molecule has 0 aliphatic heterocycles. The minimum atomic E-state index is -0.763. The molecule has 0 N–H and O–H groups in total. The number of hydrogen-bond acceptors (Lipinski definition) is 6. The first-order valence-corrected chi connectivity index (χ1v) is 27.2. The van der Waals surface area contributed by atoms with Crippen molar-refractivity contribution in [1.82, 2.24) is 0 Å². The Labute approximate surface area is 380 Å². The SMILES string of the molecule is CCC(C)CCCCCCCCCCC(=O)OC[C@@H](COC(=O)CCCCCCCCCCCCCCCCCCC(C)C)OC(=O)CCCCCCCCCCC(C)CC. The molecule has 6 heteroatoms. The molecule has 0 aromatic heterocycles. The van der Waals surface area contributed by atoms with Gasteiger partial charge in [-0.3, -0.25) is 14.4 Å². The van der Waals surface area contributed by atoms with Crippen molar-refractivity contribution in [3.63, 3.8) is 0 Å². The van der Waals surface area contributed by atoms with Crippen molar-refractivity contribution in [2.75, 3.05) is 13.2 Å². The molecule has 0 aromatic carbocycles. The fourth-order valence-electron chi connectivity index (χ4n) is 8.23. The highest BCUT2D eigenvalue weighted by atomic mass is 16.6. The third kappa shape index (κ3) is 46.2. The van der Waals surface area contributed by atoms with Gasteiger partial charge >= 0.3 is 17.9 Å². The van der Waals surface area contributed by atoms with Gasteiger partial charge in [-0.1, -0.05) is 260 Å². The van der Waals surface area contributed by atoms with Gasteiger partial charge in [-0.15, -0.1) is 0 Å². The van der Waals surface area contributed by atoms with E-state index in [1.54, 1.807) is 0 Å². The van der Waals surface area contributed by atoms with E-state index in [4.69, 9.17) is 14.2 Å². The van der Waals surface area contributed by atoms with Crippen molar-refractivity contribution < 1.29 is 28.6 Å². The van der Waals surface area contributed by atoms with E-state index in [0.29, 0.717) is 19.3 Å².